The third-order valence-corrected chi connectivity index (χ3v) is 4.72. The van der Waals surface area contributed by atoms with Gasteiger partial charge >= 0.3 is 0 Å². The van der Waals surface area contributed by atoms with Gasteiger partial charge in [-0.25, -0.2) is 0 Å². The van der Waals surface area contributed by atoms with E-state index < -0.39 is 0 Å². The van der Waals surface area contributed by atoms with Crippen molar-refractivity contribution in [3.05, 3.63) is 29.8 Å². The third kappa shape index (κ3) is 7.12. The van der Waals surface area contributed by atoms with Gasteiger partial charge in [-0.15, -0.1) is 24.2 Å². The van der Waals surface area contributed by atoms with E-state index in [1.54, 1.807) is 11.8 Å². The largest absolute Gasteiger partial charge is 0.352 e. The molecule has 1 aromatic carbocycles. The molecular formula is C17H28ClN3OS. The normalized spacial score (nSPS) is 15.3. The first kappa shape index (κ1) is 20.3. The number of carbonyl (C=O) groups is 1. The molecule has 0 bridgehead atoms. The number of hydrogen-bond donors (Lipinski definition) is 2. The molecule has 4 nitrogen and oxygen atoms in total. The summed E-state index contributed by atoms with van der Waals surface area (Å²) in [6.07, 6.45) is 1.01. The highest BCUT2D eigenvalue weighted by Crippen LogP contribution is 2.26. The lowest BCUT2D eigenvalue weighted by Crippen LogP contribution is -2.44. The molecule has 130 valence electrons. The van der Waals surface area contributed by atoms with Gasteiger partial charge in [0.1, 0.15) is 0 Å². The predicted molar refractivity (Wildman–Crippen MR) is 101 cm³/mol. The van der Waals surface area contributed by atoms with Gasteiger partial charge in [-0.3, -0.25) is 4.79 Å². The molecule has 2 rings (SSSR count). The molecule has 1 amide bonds. The fourth-order valence-electron chi connectivity index (χ4n) is 2.55. The Bertz CT molecular complexity index is 479. The summed E-state index contributed by atoms with van der Waals surface area (Å²) in [5.41, 5.74) is 0.795. The Hall–Kier alpha value is -0.750. The van der Waals surface area contributed by atoms with E-state index in [0.29, 0.717) is 5.25 Å². The van der Waals surface area contributed by atoms with E-state index in [0.717, 1.165) is 56.1 Å². The minimum Gasteiger partial charge on any atom is -0.352 e. The van der Waals surface area contributed by atoms with Crippen molar-refractivity contribution >= 4 is 30.1 Å². The first-order valence-electron chi connectivity index (χ1n) is 8.14. The van der Waals surface area contributed by atoms with Gasteiger partial charge in [0.15, 0.2) is 0 Å². The van der Waals surface area contributed by atoms with Crippen LogP contribution in [0, 0.1) is 0 Å². The SMILES string of the molecule is CC(C)Sc1ccccc1C(=O)NCCCN1CCNCC1.Cl. The minimum atomic E-state index is 0. The first-order chi connectivity index (χ1) is 10.7. The number of hydrogen-bond acceptors (Lipinski definition) is 4. The quantitative estimate of drug-likeness (QED) is 0.581. The Morgan fingerprint density at radius 3 is 2.70 bits per heavy atom. The van der Waals surface area contributed by atoms with E-state index in [4.69, 9.17) is 0 Å². The molecule has 1 aliphatic heterocycles. The molecule has 0 atom stereocenters. The lowest BCUT2D eigenvalue weighted by atomic mass is 10.2. The first-order valence-corrected chi connectivity index (χ1v) is 9.01. The summed E-state index contributed by atoms with van der Waals surface area (Å²) in [5.74, 6) is 0.0454. The van der Waals surface area contributed by atoms with Crippen molar-refractivity contribution in [2.24, 2.45) is 0 Å². The summed E-state index contributed by atoms with van der Waals surface area (Å²) in [5, 5.41) is 6.88. The molecule has 0 radical (unpaired) electrons. The fourth-order valence-corrected chi connectivity index (χ4v) is 3.50. The Morgan fingerprint density at radius 2 is 2.00 bits per heavy atom. The monoisotopic (exact) mass is 357 g/mol. The number of nitrogens with one attached hydrogen (secondary N) is 2. The average Bonchev–Trinajstić information content (AvgIpc) is 2.52. The van der Waals surface area contributed by atoms with Crippen molar-refractivity contribution in [2.45, 2.75) is 30.4 Å². The summed E-state index contributed by atoms with van der Waals surface area (Å²) in [4.78, 5) is 15.9. The third-order valence-electron chi connectivity index (χ3n) is 3.64. The average molecular weight is 358 g/mol. The highest BCUT2D eigenvalue weighted by molar-refractivity contribution is 8.00. The maximum absolute atomic E-state index is 12.4. The maximum atomic E-state index is 12.4. The molecule has 0 unspecified atom stereocenters. The number of thioether (sulfide) groups is 1. The van der Waals surface area contributed by atoms with Crippen LogP contribution in [0.5, 0.6) is 0 Å². The molecular weight excluding hydrogens is 330 g/mol. The van der Waals surface area contributed by atoms with E-state index in [1.807, 2.05) is 24.3 Å². The van der Waals surface area contributed by atoms with E-state index in [1.165, 1.54) is 0 Å². The predicted octanol–water partition coefficient (Wildman–Crippen LogP) is 2.63. The maximum Gasteiger partial charge on any atom is 0.252 e. The fraction of sp³-hybridized carbons (Fsp3) is 0.588. The molecule has 6 heteroatoms. The van der Waals surface area contributed by atoms with Gasteiger partial charge in [0, 0.05) is 42.9 Å². The molecule has 1 saturated heterocycles. The van der Waals surface area contributed by atoms with Crippen LogP contribution in [0.15, 0.2) is 29.2 Å². The number of benzene rings is 1. The van der Waals surface area contributed by atoms with Gasteiger partial charge in [-0.2, -0.15) is 0 Å². The molecule has 1 aliphatic rings. The van der Waals surface area contributed by atoms with Gasteiger partial charge < -0.3 is 15.5 Å². The van der Waals surface area contributed by atoms with Crippen molar-refractivity contribution < 1.29 is 4.79 Å². The molecule has 1 aromatic rings. The van der Waals surface area contributed by atoms with Gasteiger partial charge in [0.25, 0.3) is 5.91 Å². The van der Waals surface area contributed by atoms with Crippen molar-refractivity contribution in [1.82, 2.24) is 15.5 Å². The van der Waals surface area contributed by atoms with Crippen LogP contribution in [-0.4, -0.2) is 55.3 Å². The Labute approximate surface area is 150 Å². The summed E-state index contributed by atoms with van der Waals surface area (Å²) in [6, 6.07) is 7.86. The molecule has 0 spiro atoms. The zero-order valence-corrected chi connectivity index (χ0v) is 15.6. The van der Waals surface area contributed by atoms with Crippen LogP contribution in [0.25, 0.3) is 0 Å². The molecule has 0 aromatic heterocycles. The van der Waals surface area contributed by atoms with Crippen LogP contribution in [-0.2, 0) is 0 Å². The number of nitrogens with zero attached hydrogens (tertiary/aromatic N) is 1. The van der Waals surface area contributed by atoms with E-state index >= 15 is 0 Å². The second-order valence-corrected chi connectivity index (χ2v) is 7.48. The van der Waals surface area contributed by atoms with E-state index in [2.05, 4.69) is 29.4 Å². The lowest BCUT2D eigenvalue weighted by Gasteiger charge is -2.27. The smallest absolute Gasteiger partial charge is 0.252 e. The molecule has 0 aliphatic carbocycles. The summed E-state index contributed by atoms with van der Waals surface area (Å²) < 4.78 is 0. The number of amides is 1. The topological polar surface area (TPSA) is 44.4 Å². The Kier molecular flexibility index (Phi) is 9.63. The van der Waals surface area contributed by atoms with Crippen molar-refractivity contribution in [2.75, 3.05) is 39.3 Å². The minimum absolute atomic E-state index is 0. The Balaban J connectivity index is 0.00000264. The van der Waals surface area contributed by atoms with Crippen LogP contribution in [0.3, 0.4) is 0 Å². The highest BCUT2D eigenvalue weighted by Gasteiger charge is 2.12. The molecule has 2 N–H and O–H groups in total. The standard InChI is InChI=1S/C17H27N3OS.ClH/c1-14(2)22-16-7-4-3-6-15(16)17(21)19-8-5-11-20-12-9-18-10-13-20;/h3-4,6-7,14,18H,5,8-13H2,1-2H3,(H,19,21);1H. The van der Waals surface area contributed by atoms with Gasteiger partial charge in [0.2, 0.25) is 0 Å². The van der Waals surface area contributed by atoms with Gasteiger partial charge in [0.05, 0.1) is 5.56 Å². The molecule has 1 heterocycles. The summed E-state index contributed by atoms with van der Waals surface area (Å²) in [7, 11) is 0. The number of piperazine rings is 1. The number of carbonyl (C=O) groups excluding carboxylic acids is 1. The van der Waals surface area contributed by atoms with Crippen molar-refractivity contribution in [1.29, 1.82) is 0 Å². The van der Waals surface area contributed by atoms with Crippen LogP contribution < -0.4 is 10.6 Å². The zero-order chi connectivity index (χ0) is 15.8. The molecule has 0 saturated carbocycles. The molecule has 1 fully saturated rings. The molecule has 23 heavy (non-hydrogen) atoms. The second-order valence-electron chi connectivity index (χ2n) is 5.86. The number of rotatable bonds is 7. The van der Waals surface area contributed by atoms with Crippen LogP contribution in [0.2, 0.25) is 0 Å². The van der Waals surface area contributed by atoms with E-state index in [9.17, 15) is 4.79 Å². The zero-order valence-electron chi connectivity index (χ0n) is 14.0. The lowest BCUT2D eigenvalue weighted by molar-refractivity contribution is 0.0948. The van der Waals surface area contributed by atoms with Crippen molar-refractivity contribution in [3.63, 3.8) is 0 Å². The summed E-state index contributed by atoms with van der Waals surface area (Å²) in [6.45, 7) is 10.5. The van der Waals surface area contributed by atoms with Crippen LogP contribution in [0.4, 0.5) is 0 Å². The van der Waals surface area contributed by atoms with E-state index in [-0.39, 0.29) is 18.3 Å². The van der Waals surface area contributed by atoms with Crippen LogP contribution in [0.1, 0.15) is 30.6 Å². The summed E-state index contributed by atoms with van der Waals surface area (Å²) >= 11 is 1.74. The van der Waals surface area contributed by atoms with Gasteiger partial charge in [-0.1, -0.05) is 26.0 Å². The number of halogens is 1. The highest BCUT2D eigenvalue weighted by atomic mass is 35.5. The van der Waals surface area contributed by atoms with Crippen molar-refractivity contribution in [3.8, 4) is 0 Å². The Morgan fingerprint density at radius 1 is 1.30 bits per heavy atom. The second kappa shape index (κ2) is 10.9. The van der Waals surface area contributed by atoms with Crippen LogP contribution >= 0.6 is 24.2 Å². The van der Waals surface area contributed by atoms with Gasteiger partial charge in [-0.05, 0) is 25.1 Å².